The van der Waals surface area contributed by atoms with Gasteiger partial charge in [-0.15, -0.1) is 0 Å². The predicted molar refractivity (Wildman–Crippen MR) is 307 cm³/mol. The highest BCUT2D eigenvalue weighted by molar-refractivity contribution is 9.10. The lowest BCUT2D eigenvalue weighted by molar-refractivity contribution is 0.00578. The van der Waals surface area contributed by atoms with Gasteiger partial charge in [0.05, 0.1) is 32.2 Å². The van der Waals surface area contributed by atoms with E-state index in [4.69, 9.17) is 41.8 Å². The van der Waals surface area contributed by atoms with Gasteiger partial charge in [-0.05, 0) is 196 Å². The predicted octanol–water partition coefficient (Wildman–Crippen LogP) is 13.9. The van der Waals surface area contributed by atoms with Crippen molar-refractivity contribution in [3.8, 4) is 11.1 Å². The summed E-state index contributed by atoms with van der Waals surface area (Å²) in [7, 11) is -8.27. The van der Waals surface area contributed by atoms with Crippen LogP contribution in [-0.4, -0.2) is 63.2 Å². The highest BCUT2D eigenvalue weighted by atomic mass is 79.9. The third-order valence-corrected chi connectivity index (χ3v) is 19.0. The maximum Gasteiger partial charge on any atom is 0.488 e. The molecule has 2 saturated heterocycles. The zero-order valence-corrected chi connectivity index (χ0v) is 50.7. The van der Waals surface area contributed by atoms with E-state index in [-0.39, 0.29) is 38.2 Å². The first-order valence-corrected chi connectivity index (χ1v) is 29.2. The van der Waals surface area contributed by atoms with Gasteiger partial charge in [-0.3, -0.25) is 9.97 Å². The van der Waals surface area contributed by atoms with Crippen molar-refractivity contribution < 1.29 is 35.5 Å². The van der Waals surface area contributed by atoms with E-state index < -0.39 is 40.1 Å². The minimum Gasteiger partial charge on any atom is -0.405 e. The van der Waals surface area contributed by atoms with Crippen LogP contribution in [0, 0.1) is 27.7 Å². The lowest BCUT2D eigenvalue weighted by atomic mass is 9.49. The fourth-order valence-electron chi connectivity index (χ4n) is 7.49. The molecular weight excluding hydrogens is 1150 g/mol. The maximum atomic E-state index is 12.8. The number of nitrogens with one attached hydrogen (secondary N) is 2. The number of aromatic nitrogens is 2. The Labute approximate surface area is 467 Å². The fourth-order valence-corrected chi connectivity index (χ4v) is 11.6. The molecule has 0 amide bonds. The van der Waals surface area contributed by atoms with Gasteiger partial charge in [0.25, 0.3) is 0 Å². The Kier molecular flexibility index (Phi) is 20.6. The molecule has 4 aromatic carbocycles. The van der Waals surface area contributed by atoms with Crippen molar-refractivity contribution in [3.05, 3.63) is 174 Å². The van der Waals surface area contributed by atoms with E-state index in [1.165, 1.54) is 5.56 Å². The molecule has 2 aliphatic heterocycles. The van der Waals surface area contributed by atoms with E-state index in [2.05, 4.69) is 51.3 Å². The molecule has 0 bridgehead atoms. The number of hydrogen-bond acceptors (Lipinski definition) is 10. The Morgan fingerprint density at radius 3 is 1.32 bits per heavy atom. The quantitative estimate of drug-likeness (QED) is 0.127. The van der Waals surface area contributed by atoms with E-state index in [9.17, 15) is 16.8 Å². The summed E-state index contributed by atoms with van der Waals surface area (Å²) in [5.74, 6) is 0. The number of aryl methyl sites for hydroxylation is 2. The standard InChI is InChI=1S/C21H21ClN2O2S.C15H15BrClNO2S.C12H24B2O4.C6H6BrN/c1-14-13-23-11-10-19(14)18-7-4-6-17(12-18)16(3)24-27(25,26)21-9-5-8-20(22)15(21)2;1-10-14(17)7-4-8-15(10)21(19,20)18-11(2)12-5-3-6-13(16)9-12;1-9(2)10(3,4)16-13(15-9)14-17-11(5,6)12(7,8)18-14;1-5-4-8-3-2-6(5)7/h4-13,16,24H,1-3H3;3-9,11,18H,1-2H3;1-8H3;2-4H,1H3/t16-;11-;;/m00../s1. The summed E-state index contributed by atoms with van der Waals surface area (Å²) < 4.78 is 81.9. The second-order valence-electron chi connectivity index (χ2n) is 20.2. The summed E-state index contributed by atoms with van der Waals surface area (Å²) >= 11 is 18.8. The van der Waals surface area contributed by atoms with Gasteiger partial charge in [0.1, 0.15) is 0 Å². The van der Waals surface area contributed by atoms with E-state index in [1.807, 2.05) is 149 Å². The highest BCUT2D eigenvalue weighted by Crippen LogP contribution is 2.43. The number of rotatable bonds is 10. The average Bonchev–Trinajstić information content (AvgIpc) is 3.68. The molecule has 0 radical (unpaired) electrons. The molecular formula is C54H66B2Br2Cl2N4O8S2. The number of benzene rings is 4. The van der Waals surface area contributed by atoms with Crippen LogP contribution in [0.4, 0.5) is 0 Å². The van der Waals surface area contributed by atoms with Gasteiger partial charge in [0, 0.05) is 55.9 Å². The highest BCUT2D eigenvalue weighted by Gasteiger charge is 2.63. The van der Waals surface area contributed by atoms with Crippen LogP contribution in [0.25, 0.3) is 11.1 Å². The van der Waals surface area contributed by atoms with Crippen molar-refractivity contribution in [2.75, 3.05) is 0 Å². The Bertz CT molecular complexity index is 3070. The fraction of sp³-hybridized carbons (Fsp3) is 0.370. The SMILES string of the molecule is CC1(C)OB(B2OC(C)(C)C(C)(C)O2)OC1(C)C.Cc1c(Cl)cccc1S(=O)(=O)N[C@@H](C)c1cccc(Br)c1.Cc1cnccc1-c1cccc([C@H](C)NS(=O)(=O)c2cccc(Cl)c2C)c1.Cc1cnccc1Br. The molecule has 6 aromatic rings. The van der Waals surface area contributed by atoms with Crippen molar-refractivity contribution in [2.24, 2.45) is 0 Å². The number of nitrogens with zero attached hydrogens (tertiary/aromatic N) is 2. The third-order valence-electron chi connectivity index (χ3n) is 13.5. The summed E-state index contributed by atoms with van der Waals surface area (Å²) in [5.41, 5.74) is 5.76. The average molecular weight is 1220 g/mol. The van der Waals surface area contributed by atoms with Gasteiger partial charge < -0.3 is 18.6 Å². The largest absolute Gasteiger partial charge is 0.488 e. The molecule has 4 heterocycles. The molecule has 0 unspecified atom stereocenters. The van der Waals surface area contributed by atoms with Crippen LogP contribution in [-0.2, 0) is 38.7 Å². The molecule has 396 valence electrons. The van der Waals surface area contributed by atoms with E-state index >= 15 is 0 Å². The molecule has 2 aliphatic rings. The Morgan fingerprint density at radius 1 is 0.541 bits per heavy atom. The molecule has 12 nitrogen and oxygen atoms in total. The summed E-state index contributed by atoms with van der Waals surface area (Å²) in [6, 6.07) is 28.3. The first-order chi connectivity index (χ1) is 34.3. The summed E-state index contributed by atoms with van der Waals surface area (Å²) in [6.07, 6.45) is 7.15. The Morgan fingerprint density at radius 2 is 0.932 bits per heavy atom. The molecule has 74 heavy (non-hydrogen) atoms. The Hall–Kier alpha value is -3.49. The number of sulfonamides is 2. The van der Waals surface area contributed by atoms with Crippen LogP contribution >= 0.6 is 55.1 Å². The minimum atomic E-state index is -3.69. The van der Waals surface area contributed by atoms with Crippen molar-refractivity contribution in [1.29, 1.82) is 0 Å². The third kappa shape index (κ3) is 15.4. The second-order valence-corrected chi connectivity index (χ2v) is 26.1. The topological polar surface area (TPSA) is 155 Å². The van der Waals surface area contributed by atoms with E-state index in [1.54, 1.807) is 69.6 Å². The lowest BCUT2D eigenvalue weighted by Gasteiger charge is -2.32. The van der Waals surface area contributed by atoms with Crippen molar-refractivity contribution in [3.63, 3.8) is 0 Å². The maximum absolute atomic E-state index is 12.8. The summed E-state index contributed by atoms with van der Waals surface area (Å²) in [5, 5.41) is 0.869. The van der Waals surface area contributed by atoms with Crippen LogP contribution in [0.15, 0.2) is 141 Å². The van der Waals surface area contributed by atoms with Gasteiger partial charge in [0.2, 0.25) is 20.0 Å². The molecule has 0 saturated carbocycles. The number of pyridine rings is 2. The van der Waals surface area contributed by atoms with Crippen LogP contribution in [0.5, 0.6) is 0 Å². The van der Waals surface area contributed by atoms with Gasteiger partial charge >= 0.3 is 14.0 Å². The monoisotopic (exact) mass is 1210 g/mol. The van der Waals surface area contributed by atoms with Crippen LogP contribution in [0.2, 0.25) is 10.0 Å². The summed E-state index contributed by atoms with van der Waals surface area (Å²) in [6.45, 7) is 27.3. The lowest BCUT2D eigenvalue weighted by Crippen LogP contribution is -2.41. The molecule has 20 heteroatoms. The van der Waals surface area contributed by atoms with Crippen LogP contribution in [0.3, 0.4) is 0 Å². The minimum absolute atomic E-state index is 0.197. The van der Waals surface area contributed by atoms with Crippen LogP contribution < -0.4 is 9.44 Å². The molecule has 2 N–H and O–H groups in total. The molecule has 8 rings (SSSR count). The van der Waals surface area contributed by atoms with Crippen molar-refractivity contribution in [2.45, 2.75) is 141 Å². The number of halogens is 4. The first kappa shape index (κ1) is 61.4. The Balaban J connectivity index is 0.000000194. The van der Waals surface area contributed by atoms with Crippen LogP contribution in [0.1, 0.15) is 115 Å². The van der Waals surface area contributed by atoms with E-state index in [0.717, 1.165) is 36.8 Å². The summed E-state index contributed by atoms with van der Waals surface area (Å²) in [4.78, 5) is 8.44. The van der Waals surface area contributed by atoms with Crippen molar-refractivity contribution in [1.82, 2.24) is 19.4 Å². The zero-order chi connectivity index (χ0) is 55.2. The van der Waals surface area contributed by atoms with E-state index in [0.29, 0.717) is 21.2 Å². The van der Waals surface area contributed by atoms with Gasteiger partial charge in [-0.25, -0.2) is 26.3 Å². The zero-order valence-electron chi connectivity index (χ0n) is 44.3. The van der Waals surface area contributed by atoms with Gasteiger partial charge in [-0.2, -0.15) is 0 Å². The number of hydrogen-bond donors (Lipinski definition) is 2. The molecule has 2 atom stereocenters. The smallest absolute Gasteiger partial charge is 0.405 e. The van der Waals surface area contributed by atoms with Gasteiger partial charge in [-0.1, -0.05) is 97.5 Å². The molecule has 2 fully saturated rings. The molecule has 2 aromatic heterocycles. The first-order valence-electron chi connectivity index (χ1n) is 23.9. The van der Waals surface area contributed by atoms with Gasteiger partial charge in [0.15, 0.2) is 0 Å². The normalized spacial score (nSPS) is 17.2. The molecule has 0 aliphatic carbocycles. The second kappa shape index (κ2) is 24.9. The van der Waals surface area contributed by atoms with Crippen molar-refractivity contribution >= 4 is 89.1 Å². The molecule has 0 spiro atoms.